The number of halogens is 1. The summed E-state index contributed by atoms with van der Waals surface area (Å²) in [6, 6.07) is 15.1. The lowest BCUT2D eigenvalue weighted by molar-refractivity contribution is -0.134. The summed E-state index contributed by atoms with van der Waals surface area (Å²) >= 11 is 5.98. The predicted molar refractivity (Wildman–Crippen MR) is 103 cm³/mol. The standard InChI is InChI=1S/C21H24ClNO3/c1-14(2)20(15-8-10-16(22)11-9-15)21(24)23(3)12-17-13-25-18-6-4-5-7-19(18)26-17/h4-11,14,17,20H,12-13H2,1-3H3/t17-,20+/m0/s1. The molecule has 5 heteroatoms. The first-order valence-electron chi connectivity index (χ1n) is 8.84. The van der Waals surface area contributed by atoms with Crippen molar-refractivity contribution in [2.45, 2.75) is 25.9 Å². The van der Waals surface area contributed by atoms with Crippen LogP contribution in [0, 0.1) is 5.92 Å². The SMILES string of the molecule is CC(C)[C@@H](C(=O)N(C)C[C@H]1COc2ccccc2O1)c1ccc(Cl)cc1. The Morgan fingerprint density at radius 3 is 2.46 bits per heavy atom. The van der Waals surface area contributed by atoms with E-state index in [1.807, 2.05) is 55.6 Å². The molecule has 0 aliphatic carbocycles. The number of carbonyl (C=O) groups excluding carboxylic acids is 1. The van der Waals surface area contributed by atoms with Gasteiger partial charge in [0.2, 0.25) is 5.91 Å². The van der Waals surface area contributed by atoms with Crippen molar-refractivity contribution < 1.29 is 14.3 Å². The molecule has 0 N–H and O–H groups in total. The Labute approximate surface area is 159 Å². The number of hydrogen-bond donors (Lipinski definition) is 0. The van der Waals surface area contributed by atoms with E-state index >= 15 is 0 Å². The number of amides is 1. The maximum absolute atomic E-state index is 13.1. The van der Waals surface area contributed by atoms with Crippen LogP contribution in [0.1, 0.15) is 25.3 Å². The largest absolute Gasteiger partial charge is 0.486 e. The van der Waals surface area contributed by atoms with Gasteiger partial charge in [-0.15, -0.1) is 0 Å². The number of ether oxygens (including phenoxy) is 2. The average Bonchev–Trinajstić information content (AvgIpc) is 2.63. The van der Waals surface area contributed by atoms with Gasteiger partial charge < -0.3 is 14.4 Å². The van der Waals surface area contributed by atoms with Crippen molar-refractivity contribution in [1.29, 1.82) is 0 Å². The van der Waals surface area contributed by atoms with Gasteiger partial charge in [0.25, 0.3) is 0 Å². The molecule has 2 aromatic carbocycles. The van der Waals surface area contributed by atoms with Crippen LogP contribution < -0.4 is 9.47 Å². The molecule has 4 nitrogen and oxygen atoms in total. The van der Waals surface area contributed by atoms with Crippen LogP contribution in [0.5, 0.6) is 11.5 Å². The molecule has 2 atom stereocenters. The van der Waals surface area contributed by atoms with Crippen LogP contribution in [0.3, 0.4) is 0 Å². The number of carbonyl (C=O) groups is 1. The molecule has 0 aromatic heterocycles. The Balaban J connectivity index is 1.69. The third kappa shape index (κ3) is 4.13. The Morgan fingerprint density at radius 2 is 1.81 bits per heavy atom. The summed E-state index contributed by atoms with van der Waals surface area (Å²) in [5.41, 5.74) is 0.979. The quantitative estimate of drug-likeness (QED) is 0.780. The van der Waals surface area contributed by atoms with Crippen molar-refractivity contribution in [3.63, 3.8) is 0 Å². The Kier molecular flexibility index (Phi) is 5.72. The van der Waals surface area contributed by atoms with Gasteiger partial charge in [-0.2, -0.15) is 0 Å². The minimum Gasteiger partial charge on any atom is -0.486 e. The third-order valence-corrected chi connectivity index (χ3v) is 4.84. The molecule has 0 radical (unpaired) electrons. The van der Waals surface area contributed by atoms with E-state index in [1.165, 1.54) is 0 Å². The minimum absolute atomic E-state index is 0.0739. The smallest absolute Gasteiger partial charge is 0.230 e. The van der Waals surface area contributed by atoms with Crippen LogP contribution in [0.25, 0.3) is 0 Å². The van der Waals surface area contributed by atoms with E-state index in [0.717, 1.165) is 17.1 Å². The summed E-state index contributed by atoms with van der Waals surface area (Å²) in [6.07, 6.45) is -0.183. The molecular weight excluding hydrogens is 350 g/mol. The molecule has 1 amide bonds. The highest BCUT2D eigenvalue weighted by Gasteiger charge is 2.30. The summed E-state index contributed by atoms with van der Waals surface area (Å²) in [6.45, 7) is 5.02. The fourth-order valence-electron chi connectivity index (χ4n) is 3.27. The molecule has 1 heterocycles. The van der Waals surface area contributed by atoms with E-state index in [1.54, 1.807) is 4.90 Å². The molecule has 0 saturated carbocycles. The summed E-state index contributed by atoms with van der Waals surface area (Å²) in [5, 5.41) is 0.670. The lowest BCUT2D eigenvalue weighted by Gasteiger charge is -2.32. The molecule has 138 valence electrons. The van der Waals surface area contributed by atoms with Crippen molar-refractivity contribution >= 4 is 17.5 Å². The monoisotopic (exact) mass is 373 g/mol. The van der Waals surface area contributed by atoms with Crippen LogP contribution >= 0.6 is 11.6 Å². The molecule has 0 saturated heterocycles. The number of rotatable bonds is 5. The molecule has 1 aliphatic rings. The summed E-state index contributed by atoms with van der Waals surface area (Å²) in [7, 11) is 1.82. The average molecular weight is 374 g/mol. The molecule has 0 unspecified atom stereocenters. The number of fused-ring (bicyclic) bond motifs is 1. The van der Waals surface area contributed by atoms with Gasteiger partial charge in [0.05, 0.1) is 12.5 Å². The predicted octanol–water partition coefficient (Wildman–Crippen LogP) is 4.38. The van der Waals surface area contributed by atoms with Crippen molar-refractivity contribution in [2.24, 2.45) is 5.92 Å². The normalized spacial score (nSPS) is 17.0. The fourth-order valence-corrected chi connectivity index (χ4v) is 3.39. The van der Waals surface area contributed by atoms with Crippen LogP contribution in [-0.4, -0.2) is 37.1 Å². The molecule has 0 fully saturated rings. The second kappa shape index (κ2) is 8.00. The first kappa shape index (κ1) is 18.6. The molecule has 1 aliphatic heterocycles. The number of para-hydroxylation sites is 2. The number of benzene rings is 2. The van der Waals surface area contributed by atoms with Gasteiger partial charge >= 0.3 is 0 Å². The Bertz CT molecular complexity index is 760. The van der Waals surface area contributed by atoms with E-state index in [9.17, 15) is 4.79 Å². The summed E-state index contributed by atoms with van der Waals surface area (Å²) in [4.78, 5) is 14.8. The lowest BCUT2D eigenvalue weighted by Crippen LogP contribution is -2.44. The molecule has 3 rings (SSSR count). The zero-order valence-electron chi connectivity index (χ0n) is 15.3. The maximum atomic E-state index is 13.1. The first-order chi connectivity index (χ1) is 12.5. The molecule has 0 spiro atoms. The van der Waals surface area contributed by atoms with Gasteiger partial charge in [-0.1, -0.05) is 49.7 Å². The highest BCUT2D eigenvalue weighted by atomic mass is 35.5. The third-order valence-electron chi connectivity index (χ3n) is 4.58. The lowest BCUT2D eigenvalue weighted by atomic mass is 9.87. The van der Waals surface area contributed by atoms with Crippen molar-refractivity contribution in [3.8, 4) is 11.5 Å². The number of likely N-dealkylation sites (N-methyl/N-ethyl adjacent to an activating group) is 1. The first-order valence-corrected chi connectivity index (χ1v) is 9.22. The molecular formula is C21H24ClNO3. The Morgan fingerprint density at radius 1 is 1.15 bits per heavy atom. The van der Waals surface area contributed by atoms with Crippen molar-refractivity contribution in [1.82, 2.24) is 4.90 Å². The zero-order valence-corrected chi connectivity index (χ0v) is 16.1. The fraction of sp³-hybridized carbons (Fsp3) is 0.381. The summed E-state index contributed by atoms with van der Waals surface area (Å²) < 4.78 is 11.7. The van der Waals surface area contributed by atoms with E-state index in [4.69, 9.17) is 21.1 Å². The van der Waals surface area contributed by atoms with Crippen LogP contribution in [-0.2, 0) is 4.79 Å². The Hall–Kier alpha value is -2.20. The van der Waals surface area contributed by atoms with Crippen LogP contribution in [0.2, 0.25) is 5.02 Å². The van der Waals surface area contributed by atoms with Gasteiger partial charge in [-0.3, -0.25) is 4.79 Å². The molecule has 26 heavy (non-hydrogen) atoms. The second-order valence-corrected chi connectivity index (χ2v) is 7.43. The van der Waals surface area contributed by atoms with Crippen LogP contribution in [0.15, 0.2) is 48.5 Å². The van der Waals surface area contributed by atoms with Gasteiger partial charge in [0, 0.05) is 12.1 Å². The summed E-state index contributed by atoms with van der Waals surface area (Å²) in [5.74, 6) is 1.51. The molecule has 2 aromatic rings. The van der Waals surface area contributed by atoms with E-state index in [-0.39, 0.29) is 23.8 Å². The number of nitrogens with zero attached hydrogens (tertiary/aromatic N) is 1. The zero-order chi connectivity index (χ0) is 18.7. The van der Waals surface area contributed by atoms with E-state index in [2.05, 4.69) is 13.8 Å². The second-order valence-electron chi connectivity index (χ2n) is 6.99. The van der Waals surface area contributed by atoms with Gasteiger partial charge in [0.1, 0.15) is 6.61 Å². The topological polar surface area (TPSA) is 38.8 Å². The van der Waals surface area contributed by atoms with Gasteiger partial charge in [-0.25, -0.2) is 0 Å². The van der Waals surface area contributed by atoms with E-state index < -0.39 is 0 Å². The molecule has 0 bridgehead atoms. The van der Waals surface area contributed by atoms with E-state index in [0.29, 0.717) is 18.2 Å². The van der Waals surface area contributed by atoms with Crippen LogP contribution in [0.4, 0.5) is 0 Å². The minimum atomic E-state index is -0.214. The highest BCUT2D eigenvalue weighted by molar-refractivity contribution is 6.30. The van der Waals surface area contributed by atoms with Gasteiger partial charge in [-0.05, 0) is 35.7 Å². The highest BCUT2D eigenvalue weighted by Crippen LogP contribution is 2.32. The maximum Gasteiger partial charge on any atom is 0.230 e. The van der Waals surface area contributed by atoms with Gasteiger partial charge in [0.15, 0.2) is 17.6 Å². The number of hydrogen-bond acceptors (Lipinski definition) is 3. The van der Waals surface area contributed by atoms with Crippen molar-refractivity contribution in [3.05, 3.63) is 59.1 Å². The van der Waals surface area contributed by atoms with Crippen molar-refractivity contribution in [2.75, 3.05) is 20.2 Å².